The lowest BCUT2D eigenvalue weighted by Crippen LogP contribution is -2.36. The molecule has 1 aromatic rings. The molecule has 0 bridgehead atoms. The van der Waals surface area contributed by atoms with E-state index in [4.69, 9.17) is 4.74 Å². The fourth-order valence-corrected chi connectivity index (χ4v) is 2.77. The van der Waals surface area contributed by atoms with Gasteiger partial charge < -0.3 is 25.0 Å². The van der Waals surface area contributed by atoms with Crippen molar-refractivity contribution in [2.24, 2.45) is 0 Å². The van der Waals surface area contributed by atoms with Crippen LogP contribution in [0, 0.1) is 0 Å². The molecule has 0 saturated heterocycles. The van der Waals surface area contributed by atoms with Crippen LogP contribution in [0.3, 0.4) is 0 Å². The third-order valence-electron chi connectivity index (χ3n) is 4.57. The van der Waals surface area contributed by atoms with Gasteiger partial charge in [-0.2, -0.15) is 0 Å². The Bertz CT molecular complexity index is 517. The van der Waals surface area contributed by atoms with Crippen LogP contribution in [0.4, 0.5) is 5.69 Å². The van der Waals surface area contributed by atoms with Gasteiger partial charge in [0.05, 0.1) is 11.7 Å². The molecule has 1 atom stereocenters. The number of carbonyl (C=O) groups excluding carboxylic acids is 1. The Morgan fingerprint density at radius 3 is 2.31 bits per heavy atom. The largest absolute Gasteiger partial charge is 0.461 e. The Hall–Kier alpha value is -1.63. The lowest BCUT2D eigenvalue weighted by Gasteiger charge is -2.22. The number of benzene rings is 1. The topological polar surface area (TPSA) is 65.0 Å². The number of anilines is 1. The molecular weight excluding hydrogens is 330 g/mol. The van der Waals surface area contributed by atoms with E-state index in [-0.39, 0.29) is 5.97 Å². The average Bonchev–Trinajstić information content (AvgIpc) is 2.67. The van der Waals surface area contributed by atoms with Gasteiger partial charge in [-0.25, -0.2) is 4.79 Å². The first kappa shape index (κ1) is 22.4. The number of aliphatic hydroxyl groups excluding tert-OH is 1. The summed E-state index contributed by atoms with van der Waals surface area (Å²) in [4.78, 5) is 16.8. The van der Waals surface area contributed by atoms with E-state index in [1.165, 1.54) is 0 Å². The summed E-state index contributed by atoms with van der Waals surface area (Å²) in [5, 5.41) is 13.4. The third kappa shape index (κ3) is 7.72. The molecule has 0 spiro atoms. The van der Waals surface area contributed by atoms with Crippen molar-refractivity contribution < 1.29 is 14.6 Å². The molecule has 0 aliphatic carbocycles. The van der Waals surface area contributed by atoms with Crippen LogP contribution in [0.2, 0.25) is 0 Å². The molecule has 6 heteroatoms. The predicted octanol–water partition coefficient (Wildman–Crippen LogP) is 2.30. The van der Waals surface area contributed by atoms with Crippen LogP contribution in [0.1, 0.15) is 38.1 Å². The molecule has 0 heterocycles. The van der Waals surface area contributed by atoms with Gasteiger partial charge >= 0.3 is 5.97 Å². The maximum absolute atomic E-state index is 12.4. The summed E-state index contributed by atoms with van der Waals surface area (Å²) in [6.45, 7) is 14.1. The first-order valence-electron chi connectivity index (χ1n) is 9.68. The normalized spacial score (nSPS) is 12.4. The van der Waals surface area contributed by atoms with Gasteiger partial charge in [0.2, 0.25) is 0 Å². The van der Waals surface area contributed by atoms with Crippen LogP contribution >= 0.6 is 0 Å². The standard InChI is InChI=1S/C20H35N3O3/c1-5-22(6-2)13-14-26-20(25)18-11-9-10-12-19(18)21-15-17(24)16-23(7-3)8-4/h9-12,17,21,24H,5-8,13-16H2,1-4H3. The average molecular weight is 366 g/mol. The van der Waals surface area contributed by atoms with Gasteiger partial charge in [-0.1, -0.05) is 39.8 Å². The van der Waals surface area contributed by atoms with E-state index in [0.717, 1.165) is 32.7 Å². The molecule has 0 aliphatic rings. The van der Waals surface area contributed by atoms with Crippen LogP contribution in [-0.2, 0) is 4.74 Å². The first-order valence-corrected chi connectivity index (χ1v) is 9.68. The highest BCUT2D eigenvalue weighted by Crippen LogP contribution is 2.16. The molecule has 0 aromatic heterocycles. The summed E-state index contributed by atoms with van der Waals surface area (Å²) < 4.78 is 5.42. The molecular formula is C20H35N3O3. The fraction of sp³-hybridized carbons (Fsp3) is 0.650. The second kappa shape index (κ2) is 12.7. The zero-order valence-corrected chi connectivity index (χ0v) is 16.7. The minimum absolute atomic E-state index is 0.335. The first-order chi connectivity index (χ1) is 12.5. The van der Waals surface area contributed by atoms with Crippen LogP contribution < -0.4 is 5.32 Å². The number of likely N-dealkylation sites (N-methyl/N-ethyl adjacent to an activating group) is 2. The quantitative estimate of drug-likeness (QED) is 0.523. The summed E-state index contributed by atoms with van der Waals surface area (Å²) in [7, 11) is 0. The Morgan fingerprint density at radius 2 is 1.69 bits per heavy atom. The molecule has 0 amide bonds. The highest BCUT2D eigenvalue weighted by Gasteiger charge is 2.14. The zero-order chi connectivity index (χ0) is 19.4. The molecule has 26 heavy (non-hydrogen) atoms. The van der Waals surface area contributed by atoms with Gasteiger partial charge in [0, 0.05) is 25.3 Å². The minimum Gasteiger partial charge on any atom is -0.461 e. The minimum atomic E-state index is -0.498. The molecule has 2 N–H and O–H groups in total. The van der Waals surface area contributed by atoms with Gasteiger partial charge in [0.1, 0.15) is 6.61 Å². The van der Waals surface area contributed by atoms with Crippen molar-refractivity contribution in [3.05, 3.63) is 29.8 Å². The molecule has 0 radical (unpaired) electrons. The Labute approximate surface area is 158 Å². The van der Waals surface area contributed by atoms with E-state index < -0.39 is 6.10 Å². The van der Waals surface area contributed by atoms with E-state index in [9.17, 15) is 9.90 Å². The number of hydrogen-bond donors (Lipinski definition) is 2. The van der Waals surface area contributed by atoms with Crippen molar-refractivity contribution in [1.82, 2.24) is 9.80 Å². The molecule has 148 valence electrons. The number of nitrogens with zero attached hydrogens (tertiary/aromatic N) is 2. The summed E-state index contributed by atoms with van der Waals surface area (Å²) >= 11 is 0. The monoisotopic (exact) mass is 365 g/mol. The Kier molecular flexibility index (Phi) is 10.9. The van der Waals surface area contributed by atoms with Gasteiger partial charge in [-0.05, 0) is 38.3 Å². The smallest absolute Gasteiger partial charge is 0.340 e. The van der Waals surface area contributed by atoms with Crippen LogP contribution in [0.5, 0.6) is 0 Å². The number of carbonyl (C=O) groups is 1. The lowest BCUT2D eigenvalue weighted by molar-refractivity contribution is 0.0467. The van der Waals surface area contributed by atoms with Crippen LogP contribution in [-0.4, -0.2) is 79.4 Å². The summed E-state index contributed by atoms with van der Waals surface area (Å²) in [5.74, 6) is -0.335. The summed E-state index contributed by atoms with van der Waals surface area (Å²) in [5.41, 5.74) is 1.20. The highest BCUT2D eigenvalue weighted by molar-refractivity contribution is 5.95. The lowest BCUT2D eigenvalue weighted by atomic mass is 10.1. The molecule has 0 aliphatic heterocycles. The third-order valence-corrected chi connectivity index (χ3v) is 4.57. The highest BCUT2D eigenvalue weighted by atomic mass is 16.5. The maximum Gasteiger partial charge on any atom is 0.340 e. The molecule has 0 fully saturated rings. The zero-order valence-electron chi connectivity index (χ0n) is 16.7. The number of ether oxygens (including phenoxy) is 1. The number of hydrogen-bond acceptors (Lipinski definition) is 6. The summed E-state index contributed by atoms with van der Waals surface area (Å²) in [6.07, 6.45) is -0.498. The van der Waals surface area contributed by atoms with Gasteiger partial charge in [0.15, 0.2) is 0 Å². The van der Waals surface area contributed by atoms with Crippen molar-refractivity contribution >= 4 is 11.7 Å². The predicted molar refractivity (Wildman–Crippen MR) is 107 cm³/mol. The van der Waals surface area contributed by atoms with E-state index in [1.807, 2.05) is 18.2 Å². The second-order valence-electron chi connectivity index (χ2n) is 6.23. The van der Waals surface area contributed by atoms with Crippen molar-refractivity contribution in [2.75, 3.05) is 57.7 Å². The maximum atomic E-state index is 12.4. The second-order valence-corrected chi connectivity index (χ2v) is 6.23. The molecule has 0 saturated carbocycles. The summed E-state index contributed by atoms with van der Waals surface area (Å²) in [6, 6.07) is 7.27. The van der Waals surface area contributed by atoms with E-state index in [1.54, 1.807) is 6.07 Å². The van der Waals surface area contributed by atoms with Gasteiger partial charge in [-0.15, -0.1) is 0 Å². The van der Waals surface area contributed by atoms with E-state index in [2.05, 4.69) is 42.8 Å². The van der Waals surface area contributed by atoms with Crippen LogP contribution in [0.15, 0.2) is 24.3 Å². The van der Waals surface area contributed by atoms with Crippen molar-refractivity contribution in [2.45, 2.75) is 33.8 Å². The van der Waals surface area contributed by atoms with E-state index >= 15 is 0 Å². The van der Waals surface area contributed by atoms with Crippen molar-refractivity contribution in [1.29, 1.82) is 0 Å². The molecule has 1 unspecified atom stereocenters. The van der Waals surface area contributed by atoms with Gasteiger partial charge in [-0.3, -0.25) is 0 Å². The number of rotatable bonds is 13. The molecule has 1 aromatic carbocycles. The van der Waals surface area contributed by atoms with Crippen LogP contribution in [0.25, 0.3) is 0 Å². The van der Waals surface area contributed by atoms with E-state index in [0.29, 0.717) is 30.9 Å². The Morgan fingerprint density at radius 1 is 1.08 bits per heavy atom. The number of esters is 1. The van der Waals surface area contributed by atoms with Gasteiger partial charge in [0.25, 0.3) is 0 Å². The van der Waals surface area contributed by atoms with Crippen molar-refractivity contribution in [3.63, 3.8) is 0 Å². The fourth-order valence-electron chi connectivity index (χ4n) is 2.77. The SMILES string of the molecule is CCN(CC)CCOC(=O)c1ccccc1NCC(O)CN(CC)CC. The number of nitrogens with one attached hydrogen (secondary N) is 1. The number of aliphatic hydroxyl groups is 1. The number of para-hydroxylation sites is 1. The molecule has 1 rings (SSSR count). The molecule has 6 nitrogen and oxygen atoms in total. The van der Waals surface area contributed by atoms with Crippen molar-refractivity contribution in [3.8, 4) is 0 Å². The Balaban J connectivity index is 2.56.